The van der Waals surface area contributed by atoms with Crippen molar-refractivity contribution in [1.82, 2.24) is 19.7 Å². The van der Waals surface area contributed by atoms with E-state index in [4.69, 9.17) is 0 Å². The Hall–Kier alpha value is -2.41. The number of hydrogen-bond acceptors (Lipinski definition) is 4. The Morgan fingerprint density at radius 3 is 2.96 bits per heavy atom. The second-order valence-corrected chi connectivity index (χ2v) is 7.01. The number of hydrogen-bond donors (Lipinski definition) is 1. The lowest BCUT2D eigenvalue weighted by molar-refractivity contribution is -0.119. The van der Waals surface area contributed by atoms with Crippen LogP contribution in [0.15, 0.2) is 29.1 Å². The molecule has 2 aromatic rings. The van der Waals surface area contributed by atoms with Crippen molar-refractivity contribution in [2.24, 2.45) is 0 Å². The molecule has 3 heterocycles. The molecule has 1 N–H and O–H groups in total. The van der Waals surface area contributed by atoms with Crippen LogP contribution in [-0.2, 0) is 24.3 Å². The normalized spacial score (nSPS) is 19.6. The van der Waals surface area contributed by atoms with Crippen molar-refractivity contribution in [2.75, 3.05) is 24.5 Å². The van der Waals surface area contributed by atoms with Crippen LogP contribution in [-0.4, -0.2) is 39.9 Å². The molecule has 1 amide bonds. The van der Waals surface area contributed by atoms with Gasteiger partial charge in [-0.3, -0.25) is 9.36 Å². The minimum Gasteiger partial charge on any atom is -0.316 e. The smallest absolute Gasteiger partial charge is 0.316 e. The van der Waals surface area contributed by atoms with E-state index in [1.54, 1.807) is 9.47 Å². The number of piperidine rings is 1. The molecule has 7 heteroatoms. The summed E-state index contributed by atoms with van der Waals surface area (Å²) in [5.74, 6) is 0.964. The molecule has 0 unspecified atom stereocenters. The molecule has 1 aromatic heterocycles. The van der Waals surface area contributed by atoms with Crippen LogP contribution < -0.4 is 15.9 Å². The minimum atomic E-state index is -0.186. The molecular formula is C19H25N5O2. The molecular weight excluding hydrogens is 330 g/mol. The van der Waals surface area contributed by atoms with Gasteiger partial charge < -0.3 is 10.2 Å². The third-order valence-electron chi connectivity index (χ3n) is 5.40. The van der Waals surface area contributed by atoms with E-state index in [1.807, 2.05) is 25.1 Å². The lowest BCUT2D eigenvalue weighted by Gasteiger charge is -2.21. The number of para-hydroxylation sites is 1. The zero-order valence-corrected chi connectivity index (χ0v) is 15.1. The molecule has 1 aromatic carbocycles. The van der Waals surface area contributed by atoms with Crippen molar-refractivity contribution < 1.29 is 4.79 Å². The zero-order chi connectivity index (χ0) is 18.1. The first kappa shape index (κ1) is 17.0. The summed E-state index contributed by atoms with van der Waals surface area (Å²) in [6.45, 7) is 5.04. The maximum absolute atomic E-state index is 12.8. The van der Waals surface area contributed by atoms with Crippen molar-refractivity contribution in [1.29, 1.82) is 0 Å². The third kappa shape index (κ3) is 2.96. The van der Waals surface area contributed by atoms with Crippen molar-refractivity contribution in [3.63, 3.8) is 0 Å². The van der Waals surface area contributed by atoms with Crippen molar-refractivity contribution in [3.8, 4) is 0 Å². The fraction of sp³-hybridized carbons (Fsp3) is 0.526. The number of rotatable bonds is 4. The number of carbonyl (C=O) groups is 1. The number of anilines is 1. The molecule has 7 nitrogen and oxygen atoms in total. The second-order valence-electron chi connectivity index (χ2n) is 7.01. The average molecular weight is 355 g/mol. The van der Waals surface area contributed by atoms with Crippen molar-refractivity contribution >= 4 is 11.6 Å². The van der Waals surface area contributed by atoms with Gasteiger partial charge in [0.2, 0.25) is 5.91 Å². The van der Waals surface area contributed by atoms with Gasteiger partial charge in [-0.25, -0.2) is 9.48 Å². The van der Waals surface area contributed by atoms with Crippen molar-refractivity contribution in [2.45, 2.75) is 45.2 Å². The number of nitrogens with zero attached hydrogens (tertiary/aromatic N) is 4. The van der Waals surface area contributed by atoms with Crippen LogP contribution in [0.5, 0.6) is 0 Å². The molecule has 26 heavy (non-hydrogen) atoms. The number of benzene rings is 1. The highest BCUT2D eigenvalue weighted by molar-refractivity contribution is 5.95. The topological polar surface area (TPSA) is 72.2 Å². The summed E-state index contributed by atoms with van der Waals surface area (Å²) in [7, 11) is 0. The van der Waals surface area contributed by atoms with Gasteiger partial charge in [-0.1, -0.05) is 18.2 Å². The minimum absolute atomic E-state index is 0.00663. The first-order valence-corrected chi connectivity index (χ1v) is 9.45. The van der Waals surface area contributed by atoms with Crippen LogP contribution in [0.3, 0.4) is 0 Å². The number of carbonyl (C=O) groups excluding carboxylic acids is 1. The van der Waals surface area contributed by atoms with Gasteiger partial charge in [-0.2, -0.15) is 5.10 Å². The largest absolute Gasteiger partial charge is 0.346 e. The van der Waals surface area contributed by atoms with Crippen molar-refractivity contribution in [3.05, 3.63) is 46.1 Å². The molecule has 4 rings (SSSR count). The van der Waals surface area contributed by atoms with Gasteiger partial charge in [-0.15, -0.1) is 0 Å². The predicted octanol–water partition coefficient (Wildman–Crippen LogP) is 1.12. The molecule has 1 fully saturated rings. The molecule has 1 saturated heterocycles. The lowest BCUT2D eigenvalue weighted by Crippen LogP contribution is -2.36. The van der Waals surface area contributed by atoms with Gasteiger partial charge in [-0.05, 0) is 44.4 Å². The highest BCUT2D eigenvalue weighted by atomic mass is 16.2. The summed E-state index contributed by atoms with van der Waals surface area (Å²) in [6, 6.07) is 7.95. The summed E-state index contributed by atoms with van der Waals surface area (Å²) in [5, 5.41) is 7.92. The molecule has 0 radical (unpaired) electrons. The van der Waals surface area contributed by atoms with E-state index in [0.717, 1.165) is 43.9 Å². The Labute approximate surface area is 152 Å². The quantitative estimate of drug-likeness (QED) is 0.892. The summed E-state index contributed by atoms with van der Waals surface area (Å²) in [4.78, 5) is 27.3. The summed E-state index contributed by atoms with van der Waals surface area (Å²) in [5.41, 5.74) is 1.95. The molecule has 2 aliphatic rings. The maximum Gasteiger partial charge on any atom is 0.346 e. The Kier molecular flexibility index (Phi) is 4.63. The molecule has 2 aliphatic heterocycles. The Balaban J connectivity index is 1.58. The second kappa shape index (κ2) is 7.07. The van der Waals surface area contributed by atoms with Crippen LogP contribution in [0.25, 0.3) is 0 Å². The predicted molar refractivity (Wildman–Crippen MR) is 99.5 cm³/mol. The molecule has 0 spiro atoms. The van der Waals surface area contributed by atoms with Gasteiger partial charge in [0.1, 0.15) is 12.4 Å². The SMILES string of the molecule is CCn1c([C@@H]2CCCNC2)nn(CC(=O)N2CCc3ccccc32)c1=O. The molecule has 0 saturated carbocycles. The van der Waals surface area contributed by atoms with E-state index < -0.39 is 0 Å². The first-order chi connectivity index (χ1) is 12.7. The zero-order valence-electron chi connectivity index (χ0n) is 15.1. The molecule has 1 atom stereocenters. The first-order valence-electron chi connectivity index (χ1n) is 9.45. The fourth-order valence-electron chi connectivity index (χ4n) is 4.04. The van der Waals surface area contributed by atoms with E-state index in [-0.39, 0.29) is 24.1 Å². The average Bonchev–Trinajstić information content (AvgIpc) is 3.24. The van der Waals surface area contributed by atoms with E-state index >= 15 is 0 Å². The van der Waals surface area contributed by atoms with E-state index in [1.165, 1.54) is 10.2 Å². The van der Waals surface area contributed by atoms with Gasteiger partial charge in [0, 0.05) is 31.2 Å². The lowest BCUT2D eigenvalue weighted by atomic mass is 9.99. The Morgan fingerprint density at radius 2 is 2.19 bits per heavy atom. The van der Waals surface area contributed by atoms with E-state index in [2.05, 4.69) is 16.5 Å². The maximum atomic E-state index is 12.8. The fourth-order valence-corrected chi connectivity index (χ4v) is 4.04. The van der Waals surface area contributed by atoms with Crippen LogP contribution in [0.4, 0.5) is 5.69 Å². The highest BCUT2D eigenvalue weighted by Crippen LogP contribution is 2.27. The van der Waals surface area contributed by atoms with Crippen LogP contribution >= 0.6 is 0 Å². The van der Waals surface area contributed by atoms with E-state index in [0.29, 0.717) is 13.1 Å². The standard InChI is InChI=1S/C19H25N5O2/c1-2-22-18(15-7-5-10-20-12-15)21-24(19(22)26)13-17(25)23-11-9-14-6-3-4-8-16(14)23/h3-4,6,8,15,20H,2,5,7,9-13H2,1H3/t15-/m1/s1. The van der Waals surface area contributed by atoms with Crippen LogP contribution in [0.2, 0.25) is 0 Å². The van der Waals surface area contributed by atoms with Gasteiger partial charge >= 0.3 is 5.69 Å². The number of amides is 1. The third-order valence-corrected chi connectivity index (χ3v) is 5.40. The number of nitrogens with one attached hydrogen (secondary N) is 1. The highest BCUT2D eigenvalue weighted by Gasteiger charge is 2.27. The molecule has 0 aliphatic carbocycles. The van der Waals surface area contributed by atoms with Gasteiger partial charge in [0.25, 0.3) is 0 Å². The monoisotopic (exact) mass is 355 g/mol. The van der Waals surface area contributed by atoms with Crippen LogP contribution in [0, 0.1) is 0 Å². The van der Waals surface area contributed by atoms with Gasteiger partial charge in [0.15, 0.2) is 0 Å². The number of fused-ring (bicyclic) bond motifs is 1. The Morgan fingerprint density at radius 1 is 1.35 bits per heavy atom. The summed E-state index contributed by atoms with van der Waals surface area (Å²) < 4.78 is 3.06. The molecule has 138 valence electrons. The Bertz CT molecular complexity index is 863. The molecule has 0 bridgehead atoms. The number of aromatic nitrogens is 3. The van der Waals surface area contributed by atoms with Gasteiger partial charge in [0.05, 0.1) is 0 Å². The van der Waals surface area contributed by atoms with Crippen LogP contribution in [0.1, 0.15) is 37.1 Å². The summed E-state index contributed by atoms with van der Waals surface area (Å²) in [6.07, 6.45) is 2.97. The summed E-state index contributed by atoms with van der Waals surface area (Å²) >= 11 is 0. The van der Waals surface area contributed by atoms with E-state index in [9.17, 15) is 9.59 Å².